The van der Waals surface area contributed by atoms with Gasteiger partial charge in [-0.1, -0.05) is 6.92 Å². The zero-order valence-corrected chi connectivity index (χ0v) is 23.8. The summed E-state index contributed by atoms with van der Waals surface area (Å²) in [6.07, 6.45) is 8.46. The first-order chi connectivity index (χ1) is 19.1. The van der Waals surface area contributed by atoms with E-state index in [9.17, 15) is 13.2 Å². The number of aromatic amines is 1. The number of sulfone groups is 1. The summed E-state index contributed by atoms with van der Waals surface area (Å²) in [7, 11) is -1.29. The van der Waals surface area contributed by atoms with Crippen molar-refractivity contribution in [1.82, 2.24) is 34.7 Å². The SMILES string of the molecule is CC[C@H](C(=O)Nc1nccc2c(-c3nc(Nc4cc(S(C)(=O)=O)ccn4)ncc3C)c[nH]c12)N1CCN(C)CC1. The van der Waals surface area contributed by atoms with Crippen LogP contribution < -0.4 is 10.6 Å². The van der Waals surface area contributed by atoms with Gasteiger partial charge in [0.25, 0.3) is 0 Å². The predicted octanol–water partition coefficient (Wildman–Crippen LogP) is 2.83. The molecule has 0 aliphatic carbocycles. The highest BCUT2D eigenvalue weighted by Gasteiger charge is 2.27. The Balaban J connectivity index is 1.41. The first-order valence-electron chi connectivity index (χ1n) is 13.1. The van der Waals surface area contributed by atoms with E-state index in [1.54, 1.807) is 12.4 Å². The maximum atomic E-state index is 13.3. The first kappa shape index (κ1) is 27.6. The number of carbonyl (C=O) groups is 1. The summed E-state index contributed by atoms with van der Waals surface area (Å²) in [6, 6.07) is 4.52. The average molecular weight is 564 g/mol. The molecule has 0 unspecified atom stereocenters. The number of fused-ring (bicyclic) bond motifs is 1. The number of nitrogens with zero attached hydrogens (tertiary/aromatic N) is 6. The van der Waals surface area contributed by atoms with Crippen molar-refractivity contribution in [3.63, 3.8) is 0 Å². The summed E-state index contributed by atoms with van der Waals surface area (Å²) in [5.41, 5.74) is 3.04. The highest BCUT2D eigenvalue weighted by Crippen LogP contribution is 2.32. The maximum absolute atomic E-state index is 13.3. The Kier molecular flexibility index (Phi) is 7.79. The van der Waals surface area contributed by atoms with E-state index in [4.69, 9.17) is 4.98 Å². The normalized spacial score (nSPS) is 15.7. The molecular weight excluding hydrogens is 530 g/mol. The molecule has 1 atom stereocenters. The maximum Gasteiger partial charge on any atom is 0.242 e. The van der Waals surface area contributed by atoms with Crippen molar-refractivity contribution < 1.29 is 13.2 Å². The molecule has 12 nitrogen and oxygen atoms in total. The number of carbonyl (C=O) groups excluding carboxylic acids is 1. The van der Waals surface area contributed by atoms with Gasteiger partial charge in [0.15, 0.2) is 15.7 Å². The minimum Gasteiger partial charge on any atom is -0.357 e. The molecule has 4 aromatic heterocycles. The molecule has 5 heterocycles. The summed E-state index contributed by atoms with van der Waals surface area (Å²) >= 11 is 0. The van der Waals surface area contributed by atoms with E-state index in [1.165, 1.54) is 18.3 Å². The van der Waals surface area contributed by atoms with Crippen LogP contribution in [0, 0.1) is 6.92 Å². The van der Waals surface area contributed by atoms with Crippen molar-refractivity contribution >= 4 is 44.2 Å². The molecule has 4 aromatic rings. The molecule has 40 heavy (non-hydrogen) atoms. The number of rotatable bonds is 8. The van der Waals surface area contributed by atoms with Crippen LogP contribution in [0.5, 0.6) is 0 Å². The van der Waals surface area contributed by atoms with Crippen molar-refractivity contribution in [2.24, 2.45) is 0 Å². The van der Waals surface area contributed by atoms with Gasteiger partial charge >= 0.3 is 0 Å². The molecule has 0 spiro atoms. The largest absolute Gasteiger partial charge is 0.357 e. The number of aromatic nitrogens is 5. The third-order valence-electron chi connectivity index (χ3n) is 7.14. The van der Waals surface area contributed by atoms with Crippen molar-refractivity contribution in [2.75, 3.05) is 50.1 Å². The van der Waals surface area contributed by atoms with E-state index in [1.807, 2.05) is 26.1 Å². The van der Waals surface area contributed by atoms with Crippen molar-refractivity contribution in [3.8, 4) is 11.3 Å². The van der Waals surface area contributed by atoms with Crippen LogP contribution in [0.3, 0.4) is 0 Å². The number of nitrogens with one attached hydrogen (secondary N) is 3. The smallest absolute Gasteiger partial charge is 0.242 e. The number of aryl methyl sites for hydroxylation is 1. The Hall–Kier alpha value is -3.94. The number of amides is 1. The van der Waals surface area contributed by atoms with Crippen LogP contribution in [-0.2, 0) is 14.6 Å². The zero-order chi connectivity index (χ0) is 28.4. The van der Waals surface area contributed by atoms with Crippen molar-refractivity contribution in [1.29, 1.82) is 0 Å². The standard InChI is InChI=1S/C27H33N9O3S/c1-5-21(36-12-10-35(3)11-13-36)26(37)34-25-24-19(7-9-29-25)20(16-30-24)23-17(2)15-31-27(33-23)32-22-14-18(6-8-28-22)40(4,38)39/h6-9,14-16,21,30H,5,10-13H2,1-4H3,(H,29,34,37)(H,28,31,32,33)/t21-/m1/s1. The minimum atomic E-state index is -3.39. The molecule has 0 aromatic carbocycles. The molecule has 210 valence electrons. The summed E-state index contributed by atoms with van der Waals surface area (Å²) < 4.78 is 23.9. The van der Waals surface area contributed by atoms with Crippen LogP contribution in [0.2, 0.25) is 0 Å². The van der Waals surface area contributed by atoms with E-state index in [-0.39, 0.29) is 22.8 Å². The van der Waals surface area contributed by atoms with Gasteiger partial charge in [-0.25, -0.2) is 28.4 Å². The van der Waals surface area contributed by atoms with Crippen molar-refractivity contribution in [3.05, 3.63) is 48.5 Å². The van der Waals surface area contributed by atoms with Gasteiger partial charge in [-0.3, -0.25) is 9.69 Å². The Morgan fingerprint density at radius 2 is 1.88 bits per heavy atom. The molecule has 1 amide bonds. The monoisotopic (exact) mass is 563 g/mol. The Bertz CT molecular complexity index is 1650. The third kappa shape index (κ3) is 5.81. The fourth-order valence-electron chi connectivity index (χ4n) is 4.89. The number of piperazine rings is 1. The highest BCUT2D eigenvalue weighted by atomic mass is 32.2. The highest BCUT2D eigenvalue weighted by molar-refractivity contribution is 7.90. The lowest BCUT2D eigenvalue weighted by Gasteiger charge is -2.36. The van der Waals surface area contributed by atoms with Gasteiger partial charge in [-0.05, 0) is 44.2 Å². The molecule has 1 saturated heterocycles. The molecule has 0 saturated carbocycles. The molecule has 0 radical (unpaired) electrons. The number of likely N-dealkylation sites (N-methyl/N-ethyl adjacent to an activating group) is 1. The molecule has 1 fully saturated rings. The number of H-pyrrole nitrogens is 1. The van der Waals surface area contributed by atoms with Gasteiger partial charge in [0.05, 0.1) is 22.1 Å². The van der Waals surface area contributed by atoms with Crippen LogP contribution in [-0.4, -0.2) is 94.6 Å². The van der Waals surface area contributed by atoms with Gasteiger partial charge in [0, 0.05) is 68.2 Å². The minimum absolute atomic E-state index is 0.0725. The topological polar surface area (TPSA) is 149 Å². The zero-order valence-electron chi connectivity index (χ0n) is 23.0. The number of anilines is 3. The molecule has 1 aliphatic rings. The second-order valence-electron chi connectivity index (χ2n) is 10.0. The van der Waals surface area contributed by atoms with Crippen LogP contribution in [0.1, 0.15) is 18.9 Å². The molecule has 3 N–H and O–H groups in total. The average Bonchev–Trinajstić information content (AvgIpc) is 3.36. The van der Waals surface area contributed by atoms with Gasteiger partial charge in [0.2, 0.25) is 11.9 Å². The fourth-order valence-corrected chi connectivity index (χ4v) is 5.52. The fraction of sp³-hybridized carbons (Fsp3) is 0.370. The summed E-state index contributed by atoms with van der Waals surface area (Å²) in [5.74, 6) is 0.982. The van der Waals surface area contributed by atoms with E-state index in [0.29, 0.717) is 29.3 Å². The Labute approximate surface area is 233 Å². The lowest BCUT2D eigenvalue weighted by Crippen LogP contribution is -2.52. The van der Waals surface area contributed by atoms with E-state index in [0.717, 1.165) is 48.9 Å². The summed E-state index contributed by atoms with van der Waals surface area (Å²) in [5, 5.41) is 6.90. The van der Waals surface area contributed by atoms with E-state index < -0.39 is 9.84 Å². The van der Waals surface area contributed by atoms with Crippen LogP contribution in [0.15, 0.2) is 47.9 Å². The lowest BCUT2D eigenvalue weighted by atomic mass is 10.1. The molecule has 1 aliphatic heterocycles. The summed E-state index contributed by atoms with van der Waals surface area (Å²) in [6.45, 7) is 7.51. The Morgan fingerprint density at radius 3 is 2.60 bits per heavy atom. The third-order valence-corrected chi connectivity index (χ3v) is 8.25. The molecule has 5 rings (SSSR count). The Morgan fingerprint density at radius 1 is 1.12 bits per heavy atom. The number of hydrogen-bond acceptors (Lipinski definition) is 10. The quantitative estimate of drug-likeness (QED) is 0.292. The first-order valence-corrected chi connectivity index (χ1v) is 15.0. The predicted molar refractivity (Wildman–Crippen MR) is 154 cm³/mol. The second kappa shape index (κ2) is 11.3. The van der Waals surface area contributed by atoms with Gasteiger partial charge in [-0.15, -0.1) is 0 Å². The van der Waals surface area contributed by atoms with E-state index >= 15 is 0 Å². The van der Waals surface area contributed by atoms with Crippen LogP contribution in [0.25, 0.3) is 22.2 Å². The number of hydrogen-bond donors (Lipinski definition) is 3. The molecule has 0 bridgehead atoms. The van der Waals surface area contributed by atoms with Crippen molar-refractivity contribution in [2.45, 2.75) is 31.2 Å². The lowest BCUT2D eigenvalue weighted by molar-refractivity contribution is -0.122. The van der Waals surface area contributed by atoms with Gasteiger partial charge in [-0.2, -0.15) is 0 Å². The van der Waals surface area contributed by atoms with Crippen LogP contribution >= 0.6 is 0 Å². The molecular formula is C27H33N9O3S. The number of pyridine rings is 2. The molecule has 13 heteroatoms. The van der Waals surface area contributed by atoms with E-state index in [2.05, 4.69) is 47.4 Å². The van der Waals surface area contributed by atoms with Gasteiger partial charge < -0.3 is 20.5 Å². The summed E-state index contributed by atoms with van der Waals surface area (Å²) in [4.78, 5) is 38.9. The second-order valence-corrected chi connectivity index (χ2v) is 12.1. The van der Waals surface area contributed by atoms with Gasteiger partial charge in [0.1, 0.15) is 5.82 Å². The van der Waals surface area contributed by atoms with Crippen LogP contribution in [0.4, 0.5) is 17.6 Å².